The molecule has 1 atom stereocenters. The lowest BCUT2D eigenvalue weighted by molar-refractivity contribution is 0.0947. The maximum atomic E-state index is 13.3. The third-order valence-corrected chi connectivity index (χ3v) is 4.38. The van der Waals surface area contributed by atoms with Gasteiger partial charge < -0.3 is 21.1 Å². The highest BCUT2D eigenvalue weighted by Gasteiger charge is 2.25. The molecule has 11 heteroatoms. The van der Waals surface area contributed by atoms with Crippen LogP contribution in [0.25, 0.3) is 5.65 Å². The number of aliphatic hydroxyl groups is 1. The van der Waals surface area contributed by atoms with E-state index < -0.39 is 23.7 Å². The number of nitrogens with zero attached hydrogens (tertiary/aromatic N) is 4. The molecular formula is C19H21F3N6O2. The van der Waals surface area contributed by atoms with E-state index in [4.69, 9.17) is 10.8 Å². The summed E-state index contributed by atoms with van der Waals surface area (Å²) < 4.78 is 38.6. The molecule has 1 aliphatic rings. The maximum Gasteiger partial charge on any atom is 0.259 e. The van der Waals surface area contributed by atoms with Gasteiger partial charge in [-0.3, -0.25) is 4.79 Å². The Morgan fingerprint density at radius 3 is 2.47 bits per heavy atom. The molecule has 0 bridgehead atoms. The molecule has 1 aromatic carbocycles. The molecule has 30 heavy (non-hydrogen) atoms. The van der Waals surface area contributed by atoms with Crippen molar-refractivity contribution in [3.63, 3.8) is 0 Å². The summed E-state index contributed by atoms with van der Waals surface area (Å²) in [5.41, 5.74) is 6.25. The monoisotopic (exact) mass is 422 g/mol. The topological polar surface area (TPSA) is 109 Å². The molecule has 1 unspecified atom stereocenters. The number of hydrogen-bond acceptors (Lipinski definition) is 6. The lowest BCUT2D eigenvalue weighted by Crippen LogP contribution is -2.27. The van der Waals surface area contributed by atoms with Gasteiger partial charge >= 0.3 is 0 Å². The molecule has 3 aromatic rings. The molecule has 0 radical (unpaired) electrons. The third-order valence-electron chi connectivity index (χ3n) is 4.38. The van der Waals surface area contributed by atoms with E-state index in [1.807, 2.05) is 4.90 Å². The maximum absolute atomic E-state index is 13.3. The number of carbonyl (C=O) groups excluding carboxylic acids is 1. The molecule has 160 valence electrons. The van der Waals surface area contributed by atoms with E-state index in [2.05, 4.69) is 15.4 Å². The molecule has 0 spiro atoms. The Balaban J connectivity index is 0.000000269. The fourth-order valence-electron chi connectivity index (χ4n) is 2.94. The van der Waals surface area contributed by atoms with Crippen LogP contribution in [0.15, 0.2) is 36.5 Å². The predicted molar refractivity (Wildman–Crippen MR) is 105 cm³/mol. The van der Waals surface area contributed by atoms with Gasteiger partial charge in [0.05, 0.1) is 13.2 Å². The van der Waals surface area contributed by atoms with Crippen LogP contribution >= 0.6 is 0 Å². The highest BCUT2D eigenvalue weighted by molar-refractivity contribution is 6.04. The molecular weight excluding hydrogens is 401 g/mol. The summed E-state index contributed by atoms with van der Waals surface area (Å²) in [7, 11) is 0. The number of anilines is 2. The lowest BCUT2D eigenvalue weighted by atomic mass is 10.3. The number of nitrogens with two attached hydrogens (primary N) is 1. The normalized spacial score (nSPS) is 15.7. The standard InChI is InChI=1S/C13H17FN6O2.C6H4F2/c14-8-1-4-19(7-8)9-2-5-20-12(17-9)10(11(15)18-20)13(22)16-3-6-21;7-5-1-2-6(8)4-3-5/h2,5,8,21H,1,3-4,6-7H2,(H2,15,18)(H,16,22);1-4H. The van der Waals surface area contributed by atoms with Crippen molar-refractivity contribution in [2.24, 2.45) is 0 Å². The van der Waals surface area contributed by atoms with Crippen LogP contribution in [-0.2, 0) is 0 Å². The summed E-state index contributed by atoms with van der Waals surface area (Å²) in [6.45, 7) is 0.818. The minimum atomic E-state index is -0.861. The van der Waals surface area contributed by atoms with Crippen LogP contribution in [0.4, 0.5) is 24.8 Å². The van der Waals surface area contributed by atoms with Crippen LogP contribution in [0, 0.1) is 11.6 Å². The fraction of sp³-hybridized carbons (Fsp3) is 0.316. The number of hydrogen-bond donors (Lipinski definition) is 3. The first kappa shape index (κ1) is 21.4. The number of nitrogens with one attached hydrogen (secondary N) is 1. The first-order chi connectivity index (χ1) is 14.4. The van der Waals surface area contributed by atoms with Crippen molar-refractivity contribution in [3.05, 3.63) is 53.7 Å². The Kier molecular flexibility index (Phi) is 6.72. The van der Waals surface area contributed by atoms with Crippen LogP contribution in [-0.4, -0.2) is 58.0 Å². The summed E-state index contributed by atoms with van der Waals surface area (Å²) in [4.78, 5) is 18.3. The number of carbonyl (C=O) groups is 1. The zero-order chi connectivity index (χ0) is 21.7. The van der Waals surface area contributed by atoms with Crippen molar-refractivity contribution < 1.29 is 23.1 Å². The van der Waals surface area contributed by atoms with Crippen LogP contribution in [0.5, 0.6) is 0 Å². The molecule has 1 saturated heterocycles. The van der Waals surface area contributed by atoms with Gasteiger partial charge in [-0.15, -0.1) is 5.10 Å². The average molecular weight is 422 g/mol. The SMILES string of the molecule is Fc1ccc(F)cc1.Nc1nn2ccc(N3CCC(F)C3)nc2c1C(=O)NCCO. The van der Waals surface area contributed by atoms with Crippen molar-refractivity contribution in [2.75, 3.05) is 36.9 Å². The number of fused-ring (bicyclic) bond motifs is 1. The zero-order valence-corrected chi connectivity index (χ0v) is 15.9. The van der Waals surface area contributed by atoms with E-state index in [-0.39, 0.29) is 24.5 Å². The predicted octanol–water partition coefficient (Wildman–Crippen LogP) is 1.55. The Bertz CT molecular complexity index is 990. The number of aromatic nitrogens is 3. The molecule has 4 N–H and O–H groups in total. The van der Waals surface area contributed by atoms with Crippen molar-refractivity contribution in [3.8, 4) is 0 Å². The second kappa shape index (κ2) is 9.44. The largest absolute Gasteiger partial charge is 0.395 e. The molecule has 2 aromatic heterocycles. The van der Waals surface area contributed by atoms with Crippen LogP contribution in [0.2, 0.25) is 0 Å². The molecule has 4 rings (SSSR count). The number of benzene rings is 1. The number of halogens is 3. The van der Waals surface area contributed by atoms with Crippen LogP contribution in [0.3, 0.4) is 0 Å². The van der Waals surface area contributed by atoms with Gasteiger partial charge in [0.25, 0.3) is 5.91 Å². The number of alkyl halides is 1. The lowest BCUT2D eigenvalue weighted by Gasteiger charge is -2.16. The average Bonchev–Trinajstić information content (AvgIpc) is 3.30. The summed E-state index contributed by atoms with van der Waals surface area (Å²) >= 11 is 0. The molecule has 1 fully saturated rings. The quantitative estimate of drug-likeness (QED) is 0.589. The summed E-state index contributed by atoms with van der Waals surface area (Å²) in [5.74, 6) is -0.623. The number of amides is 1. The molecule has 0 saturated carbocycles. The van der Waals surface area contributed by atoms with Gasteiger partial charge in [0, 0.05) is 19.3 Å². The number of rotatable bonds is 4. The fourth-order valence-corrected chi connectivity index (χ4v) is 2.94. The molecule has 3 heterocycles. The van der Waals surface area contributed by atoms with Crippen LogP contribution < -0.4 is 16.0 Å². The smallest absolute Gasteiger partial charge is 0.259 e. The van der Waals surface area contributed by atoms with E-state index in [1.165, 1.54) is 4.52 Å². The Morgan fingerprint density at radius 1 is 1.23 bits per heavy atom. The van der Waals surface area contributed by atoms with Crippen LogP contribution in [0.1, 0.15) is 16.8 Å². The molecule has 8 nitrogen and oxygen atoms in total. The van der Waals surface area contributed by atoms with E-state index in [0.717, 1.165) is 24.3 Å². The van der Waals surface area contributed by atoms with Crippen molar-refractivity contribution in [1.29, 1.82) is 0 Å². The summed E-state index contributed by atoms with van der Waals surface area (Å²) in [6.07, 6.45) is 1.25. The van der Waals surface area contributed by atoms with E-state index in [9.17, 15) is 18.0 Å². The molecule has 1 amide bonds. The van der Waals surface area contributed by atoms with E-state index >= 15 is 0 Å². The van der Waals surface area contributed by atoms with Gasteiger partial charge in [-0.2, -0.15) is 0 Å². The number of nitrogen functional groups attached to an aromatic ring is 1. The first-order valence-corrected chi connectivity index (χ1v) is 9.23. The second-order valence-electron chi connectivity index (χ2n) is 6.56. The van der Waals surface area contributed by atoms with Gasteiger partial charge in [-0.25, -0.2) is 22.7 Å². The van der Waals surface area contributed by atoms with Crippen molar-refractivity contribution >= 4 is 23.2 Å². The summed E-state index contributed by atoms with van der Waals surface area (Å²) in [6, 6.07) is 6.03. The highest BCUT2D eigenvalue weighted by atomic mass is 19.1. The highest BCUT2D eigenvalue weighted by Crippen LogP contribution is 2.23. The third kappa shape index (κ3) is 4.98. The van der Waals surface area contributed by atoms with Gasteiger partial charge in [0.1, 0.15) is 29.2 Å². The Hall–Kier alpha value is -3.34. The van der Waals surface area contributed by atoms with Crippen molar-refractivity contribution in [1.82, 2.24) is 19.9 Å². The Morgan fingerprint density at radius 2 is 1.90 bits per heavy atom. The molecule has 0 aliphatic carbocycles. The minimum absolute atomic E-state index is 0.0601. The van der Waals surface area contributed by atoms with Gasteiger partial charge in [-0.1, -0.05) is 0 Å². The van der Waals surface area contributed by atoms with Gasteiger partial charge in [0.2, 0.25) is 0 Å². The van der Waals surface area contributed by atoms with Gasteiger partial charge in [0.15, 0.2) is 11.5 Å². The van der Waals surface area contributed by atoms with Crippen molar-refractivity contribution in [2.45, 2.75) is 12.6 Å². The number of aliphatic hydroxyl groups excluding tert-OH is 1. The van der Waals surface area contributed by atoms with Gasteiger partial charge in [-0.05, 0) is 36.8 Å². The Labute approximate surface area is 170 Å². The van der Waals surface area contributed by atoms with E-state index in [1.54, 1.807) is 12.3 Å². The minimum Gasteiger partial charge on any atom is -0.395 e. The first-order valence-electron chi connectivity index (χ1n) is 9.23. The second-order valence-corrected chi connectivity index (χ2v) is 6.56. The zero-order valence-electron chi connectivity index (χ0n) is 15.9. The van der Waals surface area contributed by atoms with E-state index in [0.29, 0.717) is 31.0 Å². The summed E-state index contributed by atoms with van der Waals surface area (Å²) in [5, 5.41) is 15.4. The molecule has 1 aliphatic heterocycles.